The summed E-state index contributed by atoms with van der Waals surface area (Å²) in [6.07, 6.45) is 1.84. The molecule has 1 amide bonds. The summed E-state index contributed by atoms with van der Waals surface area (Å²) in [7, 11) is 4.03. The van der Waals surface area contributed by atoms with Crippen molar-refractivity contribution in [3.05, 3.63) is 53.5 Å². The van der Waals surface area contributed by atoms with Crippen LogP contribution in [0.1, 0.15) is 28.3 Å². The molecule has 0 aliphatic carbocycles. The van der Waals surface area contributed by atoms with Crippen molar-refractivity contribution < 1.29 is 4.79 Å². The van der Waals surface area contributed by atoms with E-state index in [4.69, 9.17) is 0 Å². The third-order valence-electron chi connectivity index (χ3n) is 3.71. The van der Waals surface area contributed by atoms with Gasteiger partial charge in [-0.25, -0.2) is 9.97 Å². The fourth-order valence-electron chi connectivity index (χ4n) is 2.41. The van der Waals surface area contributed by atoms with Crippen LogP contribution >= 0.6 is 0 Å². The molecule has 2 aromatic rings. The molecule has 0 unspecified atom stereocenters. The minimum absolute atomic E-state index is 0.158. The highest BCUT2D eigenvalue weighted by Crippen LogP contribution is 2.07. The van der Waals surface area contributed by atoms with Crippen molar-refractivity contribution in [2.75, 3.05) is 39.0 Å². The molecular formula is C19H27N5O. The Hall–Kier alpha value is -2.47. The lowest BCUT2D eigenvalue weighted by atomic mass is 10.1. The Balaban J connectivity index is 1.82. The van der Waals surface area contributed by atoms with Gasteiger partial charge in [0.2, 0.25) is 0 Å². The van der Waals surface area contributed by atoms with Crippen molar-refractivity contribution in [3.63, 3.8) is 0 Å². The molecule has 0 bridgehead atoms. The number of likely N-dealkylation sites (N-methyl/N-ethyl adjacent to an activating group) is 1. The lowest BCUT2D eigenvalue weighted by Gasteiger charge is -2.12. The predicted molar refractivity (Wildman–Crippen MR) is 101 cm³/mol. The van der Waals surface area contributed by atoms with E-state index >= 15 is 0 Å². The van der Waals surface area contributed by atoms with Crippen LogP contribution in [0.3, 0.4) is 0 Å². The van der Waals surface area contributed by atoms with Gasteiger partial charge in [-0.3, -0.25) is 4.79 Å². The molecule has 0 aliphatic heterocycles. The van der Waals surface area contributed by atoms with Gasteiger partial charge in [-0.15, -0.1) is 0 Å². The van der Waals surface area contributed by atoms with E-state index in [1.165, 1.54) is 5.56 Å². The molecule has 6 nitrogen and oxygen atoms in total. The second-order valence-corrected chi connectivity index (χ2v) is 6.26. The molecule has 6 heteroatoms. The number of anilines is 1. The number of aromatic nitrogens is 2. The van der Waals surface area contributed by atoms with Crippen LogP contribution < -0.4 is 10.6 Å². The number of carbonyl (C=O) groups excluding carboxylic acids is 1. The summed E-state index contributed by atoms with van der Waals surface area (Å²) in [5, 5.41) is 6.16. The van der Waals surface area contributed by atoms with Crippen LogP contribution in [0.25, 0.3) is 0 Å². The number of hydrogen-bond donors (Lipinski definition) is 2. The van der Waals surface area contributed by atoms with Gasteiger partial charge in [0.25, 0.3) is 5.91 Å². The Bertz CT molecular complexity index is 673. The van der Waals surface area contributed by atoms with E-state index in [1.54, 1.807) is 13.0 Å². The minimum atomic E-state index is -0.158. The second-order valence-electron chi connectivity index (χ2n) is 6.26. The van der Waals surface area contributed by atoms with Gasteiger partial charge in [-0.2, -0.15) is 0 Å². The first-order valence-electron chi connectivity index (χ1n) is 8.61. The molecule has 0 fully saturated rings. The van der Waals surface area contributed by atoms with Crippen molar-refractivity contribution in [2.45, 2.75) is 19.8 Å². The van der Waals surface area contributed by atoms with Gasteiger partial charge < -0.3 is 15.5 Å². The standard InChI is InChI=1S/C19H27N5O/c1-15-22-17(14-18(23-15)20-12-13-24(2)3)19(25)21-11-7-10-16-8-5-4-6-9-16/h4-6,8-9,14H,7,10-13H2,1-3H3,(H,21,25)(H,20,22,23). The van der Waals surface area contributed by atoms with Crippen molar-refractivity contribution in [3.8, 4) is 0 Å². The molecule has 1 aromatic heterocycles. The summed E-state index contributed by atoms with van der Waals surface area (Å²) in [6.45, 7) is 4.08. The molecule has 0 saturated heterocycles. The predicted octanol–water partition coefficient (Wildman–Crippen LogP) is 2.12. The van der Waals surface area contributed by atoms with E-state index < -0.39 is 0 Å². The number of nitrogens with one attached hydrogen (secondary N) is 2. The fraction of sp³-hybridized carbons (Fsp3) is 0.421. The van der Waals surface area contributed by atoms with E-state index in [-0.39, 0.29) is 5.91 Å². The minimum Gasteiger partial charge on any atom is -0.369 e. The van der Waals surface area contributed by atoms with Gasteiger partial charge in [0.05, 0.1) is 0 Å². The maximum absolute atomic E-state index is 12.3. The quantitative estimate of drug-likeness (QED) is 0.684. The average molecular weight is 341 g/mol. The number of rotatable bonds is 9. The van der Waals surface area contributed by atoms with Crippen molar-refractivity contribution in [1.29, 1.82) is 0 Å². The van der Waals surface area contributed by atoms with E-state index in [0.717, 1.165) is 25.9 Å². The topological polar surface area (TPSA) is 70.2 Å². The highest BCUT2D eigenvalue weighted by molar-refractivity contribution is 5.92. The maximum atomic E-state index is 12.3. The van der Waals surface area contributed by atoms with E-state index in [1.807, 2.05) is 32.3 Å². The SMILES string of the molecule is Cc1nc(NCCN(C)C)cc(C(=O)NCCCc2ccccc2)n1. The van der Waals surface area contributed by atoms with Crippen LogP contribution in [0.15, 0.2) is 36.4 Å². The van der Waals surface area contributed by atoms with Crippen LogP contribution in [0.2, 0.25) is 0 Å². The average Bonchev–Trinajstić information content (AvgIpc) is 2.58. The summed E-state index contributed by atoms with van der Waals surface area (Å²) >= 11 is 0. The number of carbonyl (C=O) groups is 1. The van der Waals surface area contributed by atoms with E-state index in [0.29, 0.717) is 23.9 Å². The van der Waals surface area contributed by atoms with E-state index in [9.17, 15) is 4.79 Å². The van der Waals surface area contributed by atoms with Crippen LogP contribution in [-0.2, 0) is 6.42 Å². The highest BCUT2D eigenvalue weighted by Gasteiger charge is 2.10. The number of amides is 1. The van der Waals surface area contributed by atoms with Crippen LogP contribution in [0.4, 0.5) is 5.82 Å². The van der Waals surface area contributed by atoms with Crippen molar-refractivity contribution in [2.24, 2.45) is 0 Å². The maximum Gasteiger partial charge on any atom is 0.270 e. The Morgan fingerprint density at radius 2 is 1.88 bits per heavy atom. The lowest BCUT2D eigenvalue weighted by molar-refractivity contribution is 0.0948. The fourth-order valence-corrected chi connectivity index (χ4v) is 2.41. The number of benzene rings is 1. The largest absolute Gasteiger partial charge is 0.369 e. The highest BCUT2D eigenvalue weighted by atomic mass is 16.1. The van der Waals surface area contributed by atoms with Crippen LogP contribution in [0, 0.1) is 6.92 Å². The number of aryl methyl sites for hydroxylation is 2. The molecule has 1 aromatic carbocycles. The summed E-state index contributed by atoms with van der Waals surface area (Å²) in [5.74, 6) is 1.11. The molecule has 134 valence electrons. The molecule has 0 spiro atoms. The van der Waals surface area contributed by atoms with Gasteiger partial charge >= 0.3 is 0 Å². The molecule has 0 radical (unpaired) electrons. The lowest BCUT2D eigenvalue weighted by Crippen LogP contribution is -2.26. The van der Waals surface area contributed by atoms with Gasteiger partial charge in [0.15, 0.2) is 0 Å². The molecule has 0 atom stereocenters. The first kappa shape index (κ1) is 18.9. The third kappa shape index (κ3) is 6.89. The molecule has 2 N–H and O–H groups in total. The van der Waals surface area contributed by atoms with E-state index in [2.05, 4.69) is 37.6 Å². The molecule has 25 heavy (non-hydrogen) atoms. The first-order chi connectivity index (χ1) is 12.0. The number of nitrogens with zero attached hydrogens (tertiary/aromatic N) is 3. The van der Waals surface area contributed by atoms with Crippen LogP contribution in [0.5, 0.6) is 0 Å². The third-order valence-corrected chi connectivity index (χ3v) is 3.71. The van der Waals surface area contributed by atoms with Gasteiger partial charge in [-0.1, -0.05) is 30.3 Å². The zero-order valence-electron chi connectivity index (χ0n) is 15.2. The summed E-state index contributed by atoms with van der Waals surface area (Å²) in [5.41, 5.74) is 1.68. The Labute approximate surface area is 149 Å². The van der Waals surface area contributed by atoms with Gasteiger partial charge in [0, 0.05) is 25.7 Å². The Kier molecular flexibility index (Phi) is 7.35. The number of hydrogen-bond acceptors (Lipinski definition) is 5. The Morgan fingerprint density at radius 3 is 2.60 bits per heavy atom. The zero-order chi connectivity index (χ0) is 18.1. The monoisotopic (exact) mass is 341 g/mol. The normalized spacial score (nSPS) is 10.7. The summed E-state index contributed by atoms with van der Waals surface area (Å²) in [4.78, 5) is 23.0. The van der Waals surface area contributed by atoms with Crippen molar-refractivity contribution in [1.82, 2.24) is 20.2 Å². The second kappa shape index (κ2) is 9.74. The van der Waals surface area contributed by atoms with Gasteiger partial charge in [-0.05, 0) is 39.4 Å². The van der Waals surface area contributed by atoms with Gasteiger partial charge in [0.1, 0.15) is 17.3 Å². The molecular weight excluding hydrogens is 314 g/mol. The van der Waals surface area contributed by atoms with Crippen molar-refractivity contribution >= 4 is 11.7 Å². The Morgan fingerprint density at radius 1 is 1.12 bits per heavy atom. The smallest absolute Gasteiger partial charge is 0.270 e. The summed E-state index contributed by atoms with van der Waals surface area (Å²) < 4.78 is 0. The molecule has 2 rings (SSSR count). The van der Waals surface area contributed by atoms with Crippen LogP contribution in [-0.4, -0.2) is 54.5 Å². The first-order valence-corrected chi connectivity index (χ1v) is 8.61. The molecule has 0 aliphatic rings. The molecule has 1 heterocycles. The summed E-state index contributed by atoms with van der Waals surface area (Å²) in [6, 6.07) is 12.0. The molecule has 0 saturated carbocycles. The zero-order valence-corrected chi connectivity index (χ0v) is 15.2.